The molecular formula is C42H45Cl6HfSi3. The van der Waals surface area contributed by atoms with E-state index in [1.807, 2.05) is 0 Å². The van der Waals surface area contributed by atoms with Crippen LogP contribution in [0.25, 0.3) is 20.0 Å². The van der Waals surface area contributed by atoms with E-state index in [1.54, 1.807) is 0 Å². The Hall–Kier alpha value is -0.509. The van der Waals surface area contributed by atoms with E-state index in [0.717, 1.165) is 48.0 Å². The van der Waals surface area contributed by atoms with Crippen molar-refractivity contribution in [3.05, 3.63) is 130 Å². The number of rotatable bonds is 7. The van der Waals surface area contributed by atoms with Crippen molar-refractivity contribution in [1.29, 1.82) is 0 Å². The topological polar surface area (TPSA) is 0 Å². The van der Waals surface area contributed by atoms with Crippen LogP contribution < -0.4 is 15.6 Å². The SMILES string of the molecule is CCC1=C(C2C(C)=CC3=C2C=CC=CC3c2cc(Cl)c([Si](C)(C)C)c(Cl)c2)c2c(-c3cc(Cl)c([Si](C)(C)C)c(Cl)c3)c(=[Si](C)C)ccc2=[C]1[Hf]([Cl])[Cl]. The fourth-order valence-corrected chi connectivity index (χ4v) is 24.2. The third-order valence-corrected chi connectivity index (χ3v) is 24.4. The van der Waals surface area contributed by atoms with Gasteiger partial charge in [0, 0.05) is 0 Å². The molecule has 0 aliphatic heterocycles. The summed E-state index contributed by atoms with van der Waals surface area (Å²) in [5.41, 5.74) is 11.2. The molecule has 0 fully saturated rings. The molecule has 0 nitrogen and oxygen atoms in total. The van der Waals surface area contributed by atoms with E-state index >= 15 is 0 Å². The van der Waals surface area contributed by atoms with Crippen LogP contribution in [0.3, 0.4) is 0 Å². The van der Waals surface area contributed by atoms with Crippen molar-refractivity contribution in [2.75, 3.05) is 0 Å². The minimum atomic E-state index is -3.17. The summed E-state index contributed by atoms with van der Waals surface area (Å²) in [7, 11) is 9.84. The van der Waals surface area contributed by atoms with E-state index in [2.05, 4.69) is 133 Å². The molecular weight excluding hydrogens is 980 g/mol. The van der Waals surface area contributed by atoms with E-state index in [1.165, 1.54) is 52.4 Å². The molecule has 0 saturated heterocycles. The zero-order chi connectivity index (χ0) is 38.2. The first-order valence-electron chi connectivity index (χ1n) is 17.8. The van der Waals surface area contributed by atoms with Crippen LogP contribution >= 0.6 is 63.6 Å². The summed E-state index contributed by atoms with van der Waals surface area (Å²) in [4.78, 5) is 1.36. The molecule has 10 heteroatoms. The second-order valence-electron chi connectivity index (χ2n) is 16.4. The molecule has 3 aromatic rings. The number of fused-ring (bicyclic) bond motifs is 1. The number of hydrogen-bond acceptors (Lipinski definition) is 0. The van der Waals surface area contributed by atoms with Gasteiger partial charge < -0.3 is 0 Å². The average molecular weight is 1030 g/mol. The second-order valence-corrected chi connectivity index (χ2v) is 42.0. The van der Waals surface area contributed by atoms with Gasteiger partial charge in [-0.2, -0.15) is 0 Å². The van der Waals surface area contributed by atoms with Crippen LogP contribution in [0.5, 0.6) is 0 Å². The predicted molar refractivity (Wildman–Crippen MR) is 238 cm³/mol. The molecule has 2 atom stereocenters. The summed E-state index contributed by atoms with van der Waals surface area (Å²) in [6, 6.07) is 13.2. The molecule has 3 aliphatic carbocycles. The molecule has 0 heterocycles. The van der Waals surface area contributed by atoms with E-state index in [0.29, 0.717) is 0 Å². The molecule has 2 unspecified atom stereocenters. The van der Waals surface area contributed by atoms with Crippen molar-refractivity contribution >= 4 is 107 Å². The standard InChI is InChI=1S/C42H45Cl4Si3.2ClH.Hf/c1-11-25-19-26-16-17-36(47(3)4)38(28-22-34(45)42(35(46)23-28)49(8,9)10)40(26)39(25)37-24(2)18-31-29(14-12-13-15-30(31)37)27-20-32(43)41(33(44)21-27)48(5,6)7;;;/h12-18,20-23,29,37H,11H2,1-10H3;2*1H;/q;;;+2/p-2. The van der Waals surface area contributed by atoms with Crippen LogP contribution in [-0.2, 0) is 19.1 Å². The van der Waals surface area contributed by atoms with Crippen molar-refractivity contribution in [3.8, 4) is 11.1 Å². The molecule has 3 aliphatic rings. The summed E-state index contributed by atoms with van der Waals surface area (Å²) >= 11 is 25.2. The first-order chi connectivity index (χ1) is 24.3. The summed E-state index contributed by atoms with van der Waals surface area (Å²) in [5, 5.41) is 6.44. The number of allylic oxidation sites excluding steroid dienone is 10. The summed E-state index contributed by atoms with van der Waals surface area (Å²) in [5.74, 6) is 0.0222. The third-order valence-electron chi connectivity index (χ3n) is 10.5. The third kappa shape index (κ3) is 7.39. The monoisotopic (exact) mass is 1020 g/mol. The zero-order valence-electron chi connectivity index (χ0n) is 31.5. The number of hydrogen-bond donors (Lipinski definition) is 0. The van der Waals surface area contributed by atoms with E-state index in [-0.39, 0.29) is 11.8 Å². The first kappa shape index (κ1) is 41.1. The van der Waals surface area contributed by atoms with Gasteiger partial charge in [-0.3, -0.25) is 0 Å². The normalized spacial score (nSPS) is 18.6. The van der Waals surface area contributed by atoms with E-state index in [4.69, 9.17) is 63.6 Å². The van der Waals surface area contributed by atoms with Gasteiger partial charge in [0.15, 0.2) is 0 Å². The van der Waals surface area contributed by atoms with Gasteiger partial charge in [-0.15, -0.1) is 0 Å². The van der Waals surface area contributed by atoms with Crippen molar-refractivity contribution < 1.29 is 19.1 Å². The van der Waals surface area contributed by atoms with Crippen LogP contribution in [0.15, 0.2) is 89.1 Å². The molecule has 0 N–H and O–H groups in total. The van der Waals surface area contributed by atoms with Gasteiger partial charge in [0.2, 0.25) is 0 Å². The van der Waals surface area contributed by atoms with E-state index in [9.17, 15) is 0 Å². The zero-order valence-corrected chi connectivity index (χ0v) is 42.6. The van der Waals surface area contributed by atoms with Gasteiger partial charge in [0.05, 0.1) is 0 Å². The van der Waals surface area contributed by atoms with Gasteiger partial charge in [-0.1, -0.05) is 19.6 Å². The second kappa shape index (κ2) is 15.4. The van der Waals surface area contributed by atoms with Gasteiger partial charge in [-0.25, -0.2) is 0 Å². The quantitative estimate of drug-likeness (QED) is 0.207. The molecule has 3 aromatic carbocycles. The van der Waals surface area contributed by atoms with Crippen LogP contribution in [-0.4, -0.2) is 24.6 Å². The fraction of sp³-hybridized carbons (Fsp3) is 0.310. The summed E-state index contributed by atoms with van der Waals surface area (Å²) in [6.45, 7) is 23.0. The van der Waals surface area contributed by atoms with Crippen molar-refractivity contribution in [2.24, 2.45) is 5.92 Å². The minimum absolute atomic E-state index is 0.00237. The molecule has 0 amide bonds. The molecule has 0 bridgehead atoms. The summed E-state index contributed by atoms with van der Waals surface area (Å²) in [6.07, 6.45) is 12.2. The molecule has 271 valence electrons. The molecule has 0 saturated carbocycles. The van der Waals surface area contributed by atoms with Crippen LogP contribution in [0.4, 0.5) is 0 Å². The predicted octanol–water partition coefficient (Wildman–Crippen LogP) is 13.6. The van der Waals surface area contributed by atoms with Crippen molar-refractivity contribution in [3.63, 3.8) is 0 Å². The Morgan fingerprint density at radius 3 is 1.81 bits per heavy atom. The van der Waals surface area contributed by atoms with Gasteiger partial charge >= 0.3 is 333 Å². The van der Waals surface area contributed by atoms with Gasteiger partial charge in [0.25, 0.3) is 0 Å². The Morgan fingerprint density at radius 2 is 1.31 bits per heavy atom. The Bertz CT molecular complexity index is 2270. The maximum atomic E-state index is 7.17. The Kier molecular flexibility index (Phi) is 12.2. The molecule has 52 heavy (non-hydrogen) atoms. The van der Waals surface area contributed by atoms with Gasteiger partial charge in [-0.05, 0) is 0 Å². The molecule has 0 spiro atoms. The Balaban J connectivity index is 1.66. The van der Waals surface area contributed by atoms with Crippen molar-refractivity contribution in [1.82, 2.24) is 0 Å². The van der Waals surface area contributed by atoms with Crippen molar-refractivity contribution in [2.45, 2.75) is 78.6 Å². The molecule has 0 aromatic heterocycles. The Morgan fingerprint density at radius 1 is 0.750 bits per heavy atom. The first-order valence-corrected chi connectivity index (χ1v) is 39.5. The summed E-state index contributed by atoms with van der Waals surface area (Å²) < 4.78 is 1.21. The molecule has 0 radical (unpaired) electrons. The van der Waals surface area contributed by atoms with Gasteiger partial charge in [0.1, 0.15) is 0 Å². The number of benzene rings is 3. The van der Waals surface area contributed by atoms with Crippen LogP contribution in [0.1, 0.15) is 37.3 Å². The number of halogens is 6. The average Bonchev–Trinajstić information content (AvgIpc) is 3.42. The Labute approximate surface area is 348 Å². The van der Waals surface area contributed by atoms with E-state index < -0.39 is 43.6 Å². The maximum absolute atomic E-state index is 7.17. The van der Waals surface area contributed by atoms with Crippen LogP contribution in [0, 0.1) is 10.7 Å². The molecule has 6 rings (SSSR count). The van der Waals surface area contributed by atoms with Crippen LogP contribution in [0.2, 0.25) is 72.5 Å². The fourth-order valence-electron chi connectivity index (χ4n) is 8.48.